The highest BCUT2D eigenvalue weighted by Crippen LogP contribution is 2.51. The molecule has 3 aromatic rings. The summed E-state index contributed by atoms with van der Waals surface area (Å²) < 4.78 is 15.9. The largest absolute Gasteiger partial charge is 0.347 e. The molecule has 2 fully saturated rings. The Morgan fingerprint density at radius 3 is 2.69 bits per heavy atom. The zero-order valence-electron chi connectivity index (χ0n) is 20.3. The molecule has 5 rings (SSSR count). The number of aromatic nitrogens is 3. The van der Waals surface area contributed by atoms with Crippen molar-refractivity contribution in [2.45, 2.75) is 46.1 Å². The summed E-state index contributed by atoms with van der Waals surface area (Å²) in [5.74, 6) is -0.124. The third-order valence-electron chi connectivity index (χ3n) is 7.29. The average Bonchev–Trinajstić information content (AvgIpc) is 3.55. The van der Waals surface area contributed by atoms with Crippen molar-refractivity contribution in [2.24, 2.45) is 18.4 Å². The minimum absolute atomic E-state index is 0.141. The van der Waals surface area contributed by atoms with Gasteiger partial charge in [0.1, 0.15) is 11.5 Å². The minimum atomic E-state index is -0.379. The molecule has 0 spiro atoms. The highest BCUT2D eigenvalue weighted by molar-refractivity contribution is 6.01. The molecule has 1 aliphatic heterocycles. The number of nitrogens with one attached hydrogen (secondary N) is 1. The first kappa shape index (κ1) is 23.2. The van der Waals surface area contributed by atoms with Crippen molar-refractivity contribution in [3.05, 3.63) is 65.5 Å². The van der Waals surface area contributed by atoms with Gasteiger partial charge in [-0.15, -0.1) is 0 Å². The summed E-state index contributed by atoms with van der Waals surface area (Å²) in [5.41, 5.74) is 3.57. The van der Waals surface area contributed by atoms with Gasteiger partial charge in [-0.25, -0.2) is 9.37 Å². The Bertz CT molecular complexity index is 1300. The summed E-state index contributed by atoms with van der Waals surface area (Å²) >= 11 is 0. The maximum atomic E-state index is 14.3. The number of hydrogen-bond acceptors (Lipinski definition) is 4. The Morgan fingerprint density at radius 1 is 1.20 bits per heavy atom. The number of carbonyl (C=O) groups excluding carboxylic acids is 2. The monoisotopic (exact) mass is 475 g/mol. The van der Waals surface area contributed by atoms with Crippen LogP contribution in [0.3, 0.4) is 0 Å². The zero-order valence-corrected chi connectivity index (χ0v) is 20.3. The first-order chi connectivity index (χ1) is 16.8. The molecule has 2 aliphatic rings. The molecule has 0 unspecified atom stereocenters. The lowest BCUT2D eigenvalue weighted by Crippen LogP contribution is -2.34. The SMILES string of the molecule is CCc1cc(N2CC[C@@](C)(C3CC3)C2=O)cc(C(=O)NCc2cc(F)cc(-c3cnn(C)c3)c2)n1. The van der Waals surface area contributed by atoms with Crippen LogP contribution in [0.15, 0.2) is 42.7 Å². The fraction of sp³-hybridized carbons (Fsp3) is 0.407. The fourth-order valence-electron chi connectivity index (χ4n) is 4.99. The normalized spacial score (nSPS) is 19.9. The quantitative estimate of drug-likeness (QED) is 0.554. The van der Waals surface area contributed by atoms with Crippen LogP contribution in [0.5, 0.6) is 0 Å². The van der Waals surface area contributed by atoms with E-state index < -0.39 is 0 Å². The van der Waals surface area contributed by atoms with E-state index in [1.807, 2.05) is 30.2 Å². The van der Waals surface area contributed by atoms with Crippen molar-refractivity contribution in [2.75, 3.05) is 11.4 Å². The summed E-state index contributed by atoms with van der Waals surface area (Å²) in [6, 6.07) is 8.29. The van der Waals surface area contributed by atoms with Gasteiger partial charge in [-0.05, 0) is 73.1 Å². The van der Waals surface area contributed by atoms with E-state index in [4.69, 9.17) is 0 Å². The number of benzene rings is 1. The number of carbonyl (C=O) groups is 2. The maximum absolute atomic E-state index is 14.3. The van der Waals surface area contributed by atoms with Gasteiger partial charge in [-0.2, -0.15) is 5.10 Å². The van der Waals surface area contributed by atoms with Crippen LogP contribution in [0.1, 0.15) is 54.9 Å². The van der Waals surface area contributed by atoms with Gasteiger partial charge in [0.25, 0.3) is 5.91 Å². The molecule has 1 aliphatic carbocycles. The second-order valence-electron chi connectivity index (χ2n) is 9.89. The number of pyridine rings is 1. The summed E-state index contributed by atoms with van der Waals surface area (Å²) in [4.78, 5) is 32.6. The molecule has 2 amide bonds. The van der Waals surface area contributed by atoms with Crippen LogP contribution in [0.25, 0.3) is 11.1 Å². The van der Waals surface area contributed by atoms with Gasteiger partial charge >= 0.3 is 0 Å². The molecular weight excluding hydrogens is 445 g/mol. The van der Waals surface area contributed by atoms with Gasteiger partial charge in [0.2, 0.25) is 5.91 Å². The molecule has 2 aromatic heterocycles. The molecule has 1 saturated carbocycles. The van der Waals surface area contributed by atoms with Crippen molar-refractivity contribution in [1.82, 2.24) is 20.1 Å². The van der Waals surface area contributed by atoms with Crippen molar-refractivity contribution < 1.29 is 14.0 Å². The lowest BCUT2D eigenvalue weighted by Gasteiger charge is -2.23. The van der Waals surface area contributed by atoms with Crippen molar-refractivity contribution in [3.8, 4) is 11.1 Å². The van der Waals surface area contributed by atoms with Gasteiger partial charge in [-0.3, -0.25) is 14.3 Å². The molecule has 1 aromatic carbocycles. The molecule has 7 nitrogen and oxygen atoms in total. The number of nitrogens with zero attached hydrogens (tertiary/aromatic N) is 4. The Labute approximate surface area is 204 Å². The van der Waals surface area contributed by atoms with Gasteiger partial charge in [0.05, 0.1) is 11.6 Å². The number of amides is 2. The van der Waals surface area contributed by atoms with Crippen LogP contribution in [-0.2, 0) is 24.8 Å². The average molecular weight is 476 g/mol. The van der Waals surface area contributed by atoms with Crippen molar-refractivity contribution >= 4 is 17.5 Å². The summed E-state index contributed by atoms with van der Waals surface area (Å²) in [6.07, 6.45) is 7.19. The van der Waals surface area contributed by atoms with E-state index in [0.29, 0.717) is 30.0 Å². The highest BCUT2D eigenvalue weighted by Gasteiger charge is 2.52. The van der Waals surface area contributed by atoms with Crippen LogP contribution >= 0.6 is 0 Å². The second kappa shape index (κ2) is 8.91. The predicted molar refractivity (Wildman–Crippen MR) is 131 cm³/mol. The number of aryl methyl sites for hydroxylation is 2. The molecule has 35 heavy (non-hydrogen) atoms. The van der Waals surface area contributed by atoms with E-state index in [0.717, 1.165) is 36.2 Å². The zero-order chi connectivity index (χ0) is 24.7. The molecule has 0 bridgehead atoms. The molecule has 1 N–H and O–H groups in total. The van der Waals surface area contributed by atoms with E-state index in [1.165, 1.54) is 12.1 Å². The number of halogens is 1. The van der Waals surface area contributed by atoms with Crippen LogP contribution < -0.4 is 10.2 Å². The topological polar surface area (TPSA) is 80.1 Å². The lowest BCUT2D eigenvalue weighted by atomic mass is 9.83. The van der Waals surface area contributed by atoms with Gasteiger partial charge in [0.15, 0.2) is 0 Å². The maximum Gasteiger partial charge on any atom is 0.270 e. The third kappa shape index (κ3) is 4.57. The first-order valence-corrected chi connectivity index (χ1v) is 12.2. The second-order valence-corrected chi connectivity index (χ2v) is 9.89. The van der Waals surface area contributed by atoms with E-state index in [9.17, 15) is 14.0 Å². The first-order valence-electron chi connectivity index (χ1n) is 12.2. The standard InChI is InChI=1S/C27H30FN5O2/c1-4-22-12-23(33-8-7-27(2,26(33)35)20-5-6-20)13-24(31-22)25(34)29-14-17-9-18(11-21(28)10-17)19-15-30-32(3)16-19/h9-13,15-16,20H,4-8,14H2,1-3H3,(H,29,34)/t27-/m0/s1. The Kier molecular flexibility index (Phi) is 5.91. The van der Waals surface area contributed by atoms with E-state index in [2.05, 4.69) is 22.3 Å². The Hall–Kier alpha value is -3.55. The van der Waals surface area contributed by atoms with Gasteiger partial charge in [-0.1, -0.05) is 13.8 Å². The number of hydrogen-bond donors (Lipinski definition) is 1. The molecule has 0 radical (unpaired) electrons. The molecular formula is C27H30FN5O2. The molecule has 1 saturated heterocycles. The summed E-state index contributed by atoms with van der Waals surface area (Å²) in [5, 5.41) is 7.00. The van der Waals surface area contributed by atoms with E-state index >= 15 is 0 Å². The summed E-state index contributed by atoms with van der Waals surface area (Å²) in [7, 11) is 1.80. The fourth-order valence-corrected chi connectivity index (χ4v) is 4.99. The molecule has 3 heterocycles. The minimum Gasteiger partial charge on any atom is -0.347 e. The summed E-state index contributed by atoms with van der Waals surface area (Å²) in [6.45, 7) is 4.85. The molecule has 182 valence electrons. The predicted octanol–water partition coefficient (Wildman–Crippen LogP) is 4.27. The third-order valence-corrected chi connectivity index (χ3v) is 7.29. The van der Waals surface area contributed by atoms with Crippen LogP contribution in [0, 0.1) is 17.2 Å². The van der Waals surface area contributed by atoms with Crippen molar-refractivity contribution in [1.29, 1.82) is 0 Å². The van der Waals surface area contributed by atoms with Gasteiger partial charge < -0.3 is 10.2 Å². The molecule has 8 heteroatoms. The van der Waals surface area contributed by atoms with Crippen LogP contribution in [0.2, 0.25) is 0 Å². The van der Waals surface area contributed by atoms with Crippen LogP contribution in [0.4, 0.5) is 10.1 Å². The van der Waals surface area contributed by atoms with Crippen molar-refractivity contribution in [3.63, 3.8) is 0 Å². The van der Waals surface area contributed by atoms with Gasteiger partial charge in [0, 0.05) is 43.3 Å². The van der Waals surface area contributed by atoms with Crippen LogP contribution in [-0.4, -0.2) is 33.1 Å². The lowest BCUT2D eigenvalue weighted by molar-refractivity contribution is -0.125. The van der Waals surface area contributed by atoms with E-state index in [-0.39, 0.29) is 35.3 Å². The van der Waals surface area contributed by atoms with E-state index in [1.54, 1.807) is 24.0 Å². The Balaban J connectivity index is 1.34. The number of rotatable bonds is 7. The smallest absolute Gasteiger partial charge is 0.270 e. The highest BCUT2D eigenvalue weighted by atomic mass is 19.1. The number of anilines is 1. The molecule has 1 atom stereocenters. The Morgan fingerprint density at radius 2 is 2.00 bits per heavy atom.